The van der Waals surface area contributed by atoms with E-state index in [1.165, 1.54) is 24.5 Å². The Morgan fingerprint density at radius 3 is 2.67 bits per heavy atom. The van der Waals surface area contributed by atoms with Crippen LogP contribution in [0.4, 0.5) is 4.39 Å². The third kappa shape index (κ3) is 4.93. The molecule has 0 bridgehead atoms. The summed E-state index contributed by atoms with van der Waals surface area (Å²) < 4.78 is 42.3. The van der Waals surface area contributed by atoms with E-state index in [4.69, 9.17) is 16.3 Å². The van der Waals surface area contributed by atoms with E-state index in [0.717, 1.165) is 0 Å². The fourth-order valence-electron chi connectivity index (χ4n) is 2.31. The molecule has 0 aromatic heterocycles. The van der Waals surface area contributed by atoms with Gasteiger partial charge in [0.1, 0.15) is 18.2 Å². The molecule has 0 aliphatic carbocycles. The molecule has 0 saturated heterocycles. The summed E-state index contributed by atoms with van der Waals surface area (Å²) in [6.07, 6.45) is 1.19. The molecule has 0 radical (unpaired) electrons. The minimum absolute atomic E-state index is 0.178. The van der Waals surface area contributed by atoms with Crippen LogP contribution in [0.2, 0.25) is 5.02 Å². The van der Waals surface area contributed by atoms with E-state index in [1.54, 1.807) is 24.3 Å². The molecule has 2 aromatic rings. The van der Waals surface area contributed by atoms with Crippen molar-refractivity contribution in [3.8, 4) is 5.75 Å². The van der Waals surface area contributed by atoms with Gasteiger partial charge in [0.05, 0.1) is 9.92 Å². The molecule has 130 valence electrons. The van der Waals surface area contributed by atoms with Gasteiger partial charge in [-0.3, -0.25) is 0 Å². The van der Waals surface area contributed by atoms with Crippen molar-refractivity contribution in [1.29, 1.82) is 0 Å². The highest BCUT2D eigenvalue weighted by atomic mass is 35.5. The first-order chi connectivity index (χ1) is 11.3. The zero-order valence-electron chi connectivity index (χ0n) is 13.4. The van der Waals surface area contributed by atoms with Crippen LogP contribution in [0.15, 0.2) is 47.4 Å². The van der Waals surface area contributed by atoms with Crippen molar-refractivity contribution in [1.82, 2.24) is 5.32 Å². The summed E-state index contributed by atoms with van der Waals surface area (Å²) in [5, 5.41) is 3.53. The van der Waals surface area contributed by atoms with E-state index in [-0.39, 0.29) is 18.4 Å². The van der Waals surface area contributed by atoms with Crippen LogP contribution in [-0.2, 0) is 9.84 Å². The molecular formula is C17H19ClFNO3S. The number of halogens is 2. The first kappa shape index (κ1) is 18.7. The van der Waals surface area contributed by atoms with Crippen LogP contribution in [0.25, 0.3) is 0 Å². The molecule has 0 fully saturated rings. The van der Waals surface area contributed by atoms with E-state index in [9.17, 15) is 12.8 Å². The summed E-state index contributed by atoms with van der Waals surface area (Å²) in [7, 11) is -3.29. The van der Waals surface area contributed by atoms with Gasteiger partial charge in [0.25, 0.3) is 0 Å². The summed E-state index contributed by atoms with van der Waals surface area (Å²) in [6, 6.07) is 10.6. The zero-order valence-corrected chi connectivity index (χ0v) is 15.0. The minimum Gasteiger partial charge on any atom is -0.491 e. The highest BCUT2D eigenvalue weighted by Gasteiger charge is 2.16. The first-order valence-corrected chi connectivity index (χ1v) is 9.66. The molecule has 0 aliphatic rings. The van der Waals surface area contributed by atoms with Crippen LogP contribution in [0.3, 0.4) is 0 Å². The zero-order chi connectivity index (χ0) is 17.7. The van der Waals surface area contributed by atoms with Gasteiger partial charge >= 0.3 is 0 Å². The molecule has 7 heteroatoms. The molecule has 0 aliphatic heterocycles. The fourth-order valence-corrected chi connectivity index (χ4v) is 3.48. The second-order valence-electron chi connectivity index (χ2n) is 5.41. The Hall–Kier alpha value is -1.63. The summed E-state index contributed by atoms with van der Waals surface area (Å²) in [6.45, 7) is 2.60. The molecule has 24 heavy (non-hydrogen) atoms. The fraction of sp³-hybridized carbons (Fsp3) is 0.294. The van der Waals surface area contributed by atoms with Gasteiger partial charge in [-0.25, -0.2) is 12.8 Å². The van der Waals surface area contributed by atoms with E-state index in [1.807, 2.05) is 6.92 Å². The molecule has 0 saturated carbocycles. The number of nitrogens with one attached hydrogen (secondary N) is 1. The smallest absolute Gasteiger partial charge is 0.175 e. The predicted molar refractivity (Wildman–Crippen MR) is 92.9 cm³/mol. The third-order valence-corrected chi connectivity index (χ3v) is 4.97. The monoisotopic (exact) mass is 371 g/mol. The second-order valence-corrected chi connectivity index (χ2v) is 7.80. The lowest BCUT2D eigenvalue weighted by molar-refractivity contribution is 0.306. The van der Waals surface area contributed by atoms with Crippen LogP contribution < -0.4 is 10.1 Å². The maximum absolute atomic E-state index is 13.2. The Balaban J connectivity index is 1.95. The maximum atomic E-state index is 13.2. The quantitative estimate of drug-likeness (QED) is 0.755. The molecule has 0 amide bonds. The van der Waals surface area contributed by atoms with Crippen LogP contribution in [0.5, 0.6) is 5.75 Å². The minimum atomic E-state index is -3.29. The standard InChI is InChI=1S/C17H19ClFNO3S/c1-12(14-5-3-4-6-17(14)24(2,21)22)20-9-10-23-16-11-13(19)7-8-15(16)18/h3-8,11-12,20H,9-10H2,1-2H3. The summed E-state index contributed by atoms with van der Waals surface area (Å²) in [5.41, 5.74) is 0.698. The Bertz CT molecular complexity index is 811. The molecule has 4 nitrogen and oxygen atoms in total. The Morgan fingerprint density at radius 2 is 1.96 bits per heavy atom. The number of benzene rings is 2. The maximum Gasteiger partial charge on any atom is 0.175 e. The average Bonchev–Trinajstić information content (AvgIpc) is 2.53. The normalized spacial score (nSPS) is 12.8. The SMILES string of the molecule is CC(NCCOc1cc(F)ccc1Cl)c1ccccc1S(C)(=O)=O. The van der Waals surface area contributed by atoms with Crippen LogP contribution in [0, 0.1) is 5.82 Å². The Morgan fingerprint density at radius 1 is 1.25 bits per heavy atom. The molecule has 2 aromatic carbocycles. The lowest BCUT2D eigenvalue weighted by Gasteiger charge is -2.17. The highest BCUT2D eigenvalue weighted by Crippen LogP contribution is 2.25. The van der Waals surface area contributed by atoms with E-state index in [2.05, 4.69) is 5.32 Å². The lowest BCUT2D eigenvalue weighted by Crippen LogP contribution is -2.25. The number of ether oxygens (including phenoxy) is 1. The molecule has 2 rings (SSSR count). The summed E-state index contributed by atoms with van der Waals surface area (Å²) in [4.78, 5) is 0.305. The number of rotatable bonds is 7. The van der Waals surface area contributed by atoms with E-state index >= 15 is 0 Å². The van der Waals surface area contributed by atoms with Gasteiger partial charge in [0.2, 0.25) is 0 Å². The molecule has 0 spiro atoms. The van der Waals surface area contributed by atoms with Crippen LogP contribution in [0.1, 0.15) is 18.5 Å². The number of hydrogen-bond acceptors (Lipinski definition) is 4. The highest BCUT2D eigenvalue weighted by molar-refractivity contribution is 7.90. The Labute approximate surface area is 146 Å². The average molecular weight is 372 g/mol. The van der Waals surface area contributed by atoms with Crippen molar-refractivity contribution in [2.45, 2.75) is 17.9 Å². The van der Waals surface area contributed by atoms with Crippen molar-refractivity contribution in [3.05, 3.63) is 58.9 Å². The molecular weight excluding hydrogens is 353 g/mol. The van der Waals surface area contributed by atoms with Crippen molar-refractivity contribution < 1.29 is 17.5 Å². The number of hydrogen-bond donors (Lipinski definition) is 1. The van der Waals surface area contributed by atoms with Gasteiger partial charge in [0.15, 0.2) is 9.84 Å². The van der Waals surface area contributed by atoms with Crippen molar-refractivity contribution in [2.75, 3.05) is 19.4 Å². The number of sulfone groups is 1. The lowest BCUT2D eigenvalue weighted by atomic mass is 10.1. The largest absolute Gasteiger partial charge is 0.491 e. The van der Waals surface area contributed by atoms with Crippen LogP contribution >= 0.6 is 11.6 Å². The molecule has 1 unspecified atom stereocenters. The van der Waals surface area contributed by atoms with Gasteiger partial charge in [-0.1, -0.05) is 29.8 Å². The third-order valence-electron chi connectivity index (χ3n) is 3.49. The van der Waals surface area contributed by atoms with Gasteiger partial charge in [0, 0.05) is 24.9 Å². The molecule has 1 atom stereocenters. The van der Waals surface area contributed by atoms with E-state index in [0.29, 0.717) is 22.0 Å². The van der Waals surface area contributed by atoms with Crippen LogP contribution in [-0.4, -0.2) is 27.8 Å². The second kappa shape index (κ2) is 7.96. The molecule has 0 heterocycles. The van der Waals surface area contributed by atoms with Gasteiger partial charge in [-0.05, 0) is 30.7 Å². The predicted octanol–water partition coefficient (Wildman–Crippen LogP) is 3.61. The molecule has 1 N–H and O–H groups in total. The van der Waals surface area contributed by atoms with Crippen molar-refractivity contribution in [2.24, 2.45) is 0 Å². The van der Waals surface area contributed by atoms with Crippen molar-refractivity contribution in [3.63, 3.8) is 0 Å². The van der Waals surface area contributed by atoms with Gasteiger partial charge < -0.3 is 10.1 Å². The Kier molecular flexibility index (Phi) is 6.21. The topological polar surface area (TPSA) is 55.4 Å². The van der Waals surface area contributed by atoms with Gasteiger partial charge in [-0.2, -0.15) is 0 Å². The first-order valence-electron chi connectivity index (χ1n) is 7.39. The van der Waals surface area contributed by atoms with Crippen molar-refractivity contribution >= 4 is 21.4 Å². The van der Waals surface area contributed by atoms with E-state index < -0.39 is 15.7 Å². The van der Waals surface area contributed by atoms with Gasteiger partial charge in [-0.15, -0.1) is 0 Å². The summed E-state index contributed by atoms with van der Waals surface area (Å²) >= 11 is 5.93. The summed E-state index contributed by atoms with van der Waals surface area (Å²) in [5.74, 6) is -0.138.